The Labute approximate surface area is 188 Å². The molecule has 1 fully saturated rings. The van der Waals surface area contributed by atoms with Gasteiger partial charge >= 0.3 is 0 Å². The summed E-state index contributed by atoms with van der Waals surface area (Å²) in [6, 6.07) is 10.3. The van der Waals surface area contributed by atoms with E-state index in [1.165, 1.54) is 24.7 Å². The molecule has 0 radical (unpaired) electrons. The number of carbonyl (C=O) groups is 1. The molecule has 3 aliphatic rings. The van der Waals surface area contributed by atoms with E-state index in [4.69, 9.17) is 9.47 Å². The lowest BCUT2D eigenvalue weighted by Crippen LogP contribution is -2.48. The number of amides is 1. The zero-order valence-electron chi connectivity index (χ0n) is 18.4. The molecule has 1 atom stereocenters. The molecule has 2 heterocycles. The third kappa shape index (κ3) is 3.36. The molecule has 5 rings (SSSR count). The molecular weight excluding hydrogens is 428 g/mol. The minimum Gasteiger partial charge on any atom is -0.486 e. The zero-order chi connectivity index (χ0) is 22.5. The molecular formula is C24H28N2O5S. The largest absolute Gasteiger partial charge is 0.486 e. The summed E-state index contributed by atoms with van der Waals surface area (Å²) in [5.41, 5.74) is 2.63. The maximum atomic E-state index is 13.7. The molecule has 0 aromatic heterocycles. The minimum atomic E-state index is -3.63. The molecule has 32 heavy (non-hydrogen) atoms. The van der Waals surface area contributed by atoms with Crippen LogP contribution < -0.4 is 14.2 Å². The summed E-state index contributed by atoms with van der Waals surface area (Å²) in [5.74, 6) is 1.36. The standard InChI is InChI=1S/C24H28N2O5S/c1-16-19-13-21-22(31-11-10-30-21)14-20(19)24(8-3-4-9-24)15-26(16)23(27)17-6-5-7-18(12-17)32(28,29)25-2/h5-7,12-14,16,25H,3-4,8-11,15H2,1-2H3. The Hall–Kier alpha value is -2.58. The first kappa shape index (κ1) is 21.3. The summed E-state index contributed by atoms with van der Waals surface area (Å²) in [6.07, 6.45) is 4.29. The Morgan fingerprint density at radius 1 is 1.09 bits per heavy atom. The Balaban J connectivity index is 1.57. The summed E-state index contributed by atoms with van der Waals surface area (Å²) in [7, 11) is -2.27. The van der Waals surface area contributed by atoms with E-state index in [9.17, 15) is 13.2 Å². The second kappa shape index (κ2) is 7.78. The van der Waals surface area contributed by atoms with E-state index in [1.807, 2.05) is 17.9 Å². The fraction of sp³-hybridized carbons (Fsp3) is 0.458. The fourth-order valence-corrected chi connectivity index (χ4v) is 6.21. The van der Waals surface area contributed by atoms with Gasteiger partial charge in [0.1, 0.15) is 13.2 Å². The molecule has 1 unspecified atom stereocenters. The molecule has 170 valence electrons. The van der Waals surface area contributed by atoms with E-state index in [0.29, 0.717) is 25.3 Å². The van der Waals surface area contributed by atoms with Crippen molar-refractivity contribution in [2.75, 3.05) is 26.8 Å². The quantitative estimate of drug-likeness (QED) is 0.765. The van der Waals surface area contributed by atoms with Crippen molar-refractivity contribution in [1.29, 1.82) is 0 Å². The van der Waals surface area contributed by atoms with E-state index in [-0.39, 0.29) is 22.3 Å². The highest BCUT2D eigenvalue weighted by Gasteiger charge is 2.46. The molecule has 1 amide bonds. The smallest absolute Gasteiger partial charge is 0.254 e. The van der Waals surface area contributed by atoms with Gasteiger partial charge in [0.05, 0.1) is 10.9 Å². The molecule has 2 aliphatic heterocycles. The first-order valence-corrected chi connectivity index (χ1v) is 12.6. The van der Waals surface area contributed by atoms with Crippen LogP contribution in [0.3, 0.4) is 0 Å². The lowest BCUT2D eigenvalue weighted by Gasteiger charge is -2.46. The van der Waals surface area contributed by atoms with Gasteiger partial charge in [-0.3, -0.25) is 4.79 Å². The van der Waals surface area contributed by atoms with Crippen molar-refractivity contribution >= 4 is 15.9 Å². The average Bonchev–Trinajstić information content (AvgIpc) is 3.29. The van der Waals surface area contributed by atoms with Crippen molar-refractivity contribution in [2.24, 2.45) is 0 Å². The van der Waals surface area contributed by atoms with Crippen LogP contribution in [0.4, 0.5) is 0 Å². The monoisotopic (exact) mass is 456 g/mol. The van der Waals surface area contributed by atoms with Crippen molar-refractivity contribution in [3.63, 3.8) is 0 Å². The van der Waals surface area contributed by atoms with Gasteiger partial charge in [0.2, 0.25) is 10.0 Å². The van der Waals surface area contributed by atoms with E-state index in [1.54, 1.807) is 12.1 Å². The van der Waals surface area contributed by atoms with Gasteiger partial charge < -0.3 is 14.4 Å². The van der Waals surface area contributed by atoms with Gasteiger partial charge in [0.25, 0.3) is 5.91 Å². The van der Waals surface area contributed by atoms with Crippen molar-refractivity contribution in [1.82, 2.24) is 9.62 Å². The van der Waals surface area contributed by atoms with Crippen LogP contribution in [-0.2, 0) is 15.4 Å². The van der Waals surface area contributed by atoms with Crippen LogP contribution >= 0.6 is 0 Å². The van der Waals surface area contributed by atoms with Crippen LogP contribution in [0.5, 0.6) is 11.5 Å². The van der Waals surface area contributed by atoms with Crippen molar-refractivity contribution in [3.8, 4) is 11.5 Å². The second-order valence-electron chi connectivity index (χ2n) is 8.91. The number of hydrogen-bond acceptors (Lipinski definition) is 5. The molecule has 0 saturated heterocycles. The van der Waals surface area contributed by atoms with E-state index in [2.05, 4.69) is 10.8 Å². The number of carbonyl (C=O) groups excluding carboxylic acids is 1. The van der Waals surface area contributed by atoms with Crippen LogP contribution in [0.25, 0.3) is 0 Å². The number of nitrogens with one attached hydrogen (secondary N) is 1. The van der Waals surface area contributed by atoms with Crippen molar-refractivity contribution < 1.29 is 22.7 Å². The normalized spacial score (nSPS) is 21.4. The van der Waals surface area contributed by atoms with Gasteiger partial charge in [-0.15, -0.1) is 0 Å². The topological polar surface area (TPSA) is 84.9 Å². The van der Waals surface area contributed by atoms with Crippen molar-refractivity contribution in [3.05, 3.63) is 53.1 Å². The third-order valence-electron chi connectivity index (χ3n) is 7.16. The number of nitrogens with zero attached hydrogens (tertiary/aromatic N) is 1. The van der Waals surface area contributed by atoms with E-state index >= 15 is 0 Å². The van der Waals surface area contributed by atoms with Gasteiger partial charge in [-0.2, -0.15) is 0 Å². The van der Waals surface area contributed by atoms with Crippen LogP contribution in [0.15, 0.2) is 41.3 Å². The molecule has 1 spiro atoms. The number of rotatable bonds is 3. The highest BCUT2D eigenvalue weighted by atomic mass is 32.2. The van der Waals surface area contributed by atoms with E-state index < -0.39 is 10.0 Å². The number of ether oxygens (including phenoxy) is 2. The Bertz CT molecular complexity index is 1170. The molecule has 2 aromatic rings. The summed E-state index contributed by atoms with van der Waals surface area (Å²) in [4.78, 5) is 15.7. The fourth-order valence-electron chi connectivity index (χ4n) is 5.43. The van der Waals surface area contributed by atoms with Crippen LogP contribution in [0.1, 0.15) is 60.1 Å². The number of hydrogen-bond donors (Lipinski definition) is 1. The van der Waals surface area contributed by atoms with Crippen LogP contribution in [0, 0.1) is 0 Å². The third-order valence-corrected chi connectivity index (χ3v) is 8.57. The lowest BCUT2D eigenvalue weighted by molar-refractivity contribution is 0.0593. The van der Waals surface area contributed by atoms with Gasteiger partial charge in [0, 0.05) is 17.5 Å². The molecule has 8 heteroatoms. The Morgan fingerprint density at radius 3 is 2.47 bits per heavy atom. The summed E-state index contributed by atoms with van der Waals surface area (Å²) < 4.78 is 38.5. The summed E-state index contributed by atoms with van der Waals surface area (Å²) in [6.45, 7) is 3.71. The predicted octanol–water partition coefficient (Wildman–Crippen LogP) is 3.39. The van der Waals surface area contributed by atoms with Crippen LogP contribution in [0.2, 0.25) is 0 Å². The maximum Gasteiger partial charge on any atom is 0.254 e. The molecule has 1 saturated carbocycles. The van der Waals surface area contributed by atoms with Crippen LogP contribution in [-0.4, -0.2) is 46.0 Å². The van der Waals surface area contributed by atoms with Gasteiger partial charge in [0.15, 0.2) is 11.5 Å². The molecule has 0 bridgehead atoms. The lowest BCUT2D eigenvalue weighted by atomic mass is 9.71. The van der Waals surface area contributed by atoms with Gasteiger partial charge in [-0.1, -0.05) is 18.9 Å². The average molecular weight is 457 g/mol. The summed E-state index contributed by atoms with van der Waals surface area (Å²) in [5, 5.41) is 0. The number of fused-ring (bicyclic) bond motifs is 3. The first-order valence-electron chi connectivity index (χ1n) is 11.1. The summed E-state index contributed by atoms with van der Waals surface area (Å²) >= 11 is 0. The van der Waals surface area contributed by atoms with Gasteiger partial charge in [-0.25, -0.2) is 13.1 Å². The number of benzene rings is 2. The molecule has 1 aliphatic carbocycles. The Morgan fingerprint density at radius 2 is 1.78 bits per heavy atom. The first-order chi connectivity index (χ1) is 15.3. The predicted molar refractivity (Wildman–Crippen MR) is 120 cm³/mol. The molecule has 2 aromatic carbocycles. The second-order valence-corrected chi connectivity index (χ2v) is 10.8. The molecule has 1 N–H and O–H groups in total. The maximum absolute atomic E-state index is 13.7. The minimum absolute atomic E-state index is 0.0890. The number of sulfonamides is 1. The SMILES string of the molecule is CNS(=O)(=O)c1cccc(C(=O)N2CC3(CCCC3)c3cc4c(cc3C2C)OCCO4)c1. The zero-order valence-corrected chi connectivity index (χ0v) is 19.2. The van der Waals surface area contributed by atoms with E-state index in [0.717, 1.165) is 42.7 Å². The highest BCUT2D eigenvalue weighted by molar-refractivity contribution is 7.89. The highest BCUT2D eigenvalue weighted by Crippen LogP contribution is 2.52. The Kier molecular flexibility index (Phi) is 5.17. The van der Waals surface area contributed by atoms with Crippen molar-refractivity contribution in [2.45, 2.75) is 49.0 Å². The molecule has 7 nitrogen and oxygen atoms in total. The van der Waals surface area contributed by atoms with Gasteiger partial charge in [-0.05, 0) is 68.3 Å².